The summed E-state index contributed by atoms with van der Waals surface area (Å²) < 4.78 is 2.00. The van der Waals surface area contributed by atoms with Crippen LogP contribution in [0.15, 0.2) is 0 Å². The topological polar surface area (TPSA) is 44.5 Å². The van der Waals surface area contributed by atoms with E-state index in [2.05, 4.69) is 21.8 Å². The van der Waals surface area contributed by atoms with E-state index in [4.69, 9.17) is 11.6 Å². The molecule has 0 amide bonds. The van der Waals surface area contributed by atoms with Gasteiger partial charge >= 0.3 is 0 Å². The highest BCUT2D eigenvalue weighted by atomic mass is 35.5. The molecule has 0 aliphatic carbocycles. The molecule has 0 unspecified atom stereocenters. The zero-order valence-electron chi connectivity index (χ0n) is 13.6. The van der Waals surface area contributed by atoms with E-state index in [-0.39, 0.29) is 0 Å². The lowest BCUT2D eigenvalue weighted by atomic mass is 10.1. The van der Waals surface area contributed by atoms with E-state index in [1.807, 2.05) is 25.5 Å². The number of β-amino-alcohol motifs (C(OH)–C–C–N with tert-alkyl or cyclic N) is 1. The van der Waals surface area contributed by atoms with Gasteiger partial charge in [0.15, 0.2) is 0 Å². The standard InChI is InChI=1S/C15H27ClN4O/c1-5-20-13(14(16)12(2)17-20)10-18-6-8-19(9-7-18)11-15(3,4)21/h21H,5-11H2,1-4H3. The summed E-state index contributed by atoms with van der Waals surface area (Å²) in [5, 5.41) is 15.2. The lowest BCUT2D eigenvalue weighted by molar-refractivity contribution is 0.0163. The third-order valence-electron chi connectivity index (χ3n) is 3.90. The Balaban J connectivity index is 1.92. The van der Waals surface area contributed by atoms with E-state index in [9.17, 15) is 5.11 Å². The van der Waals surface area contributed by atoms with Crippen molar-refractivity contribution in [3.8, 4) is 0 Å². The molecule has 5 nitrogen and oxygen atoms in total. The van der Waals surface area contributed by atoms with Crippen LogP contribution in [0.5, 0.6) is 0 Å². The number of rotatable bonds is 5. The smallest absolute Gasteiger partial charge is 0.0860 e. The molecule has 1 aromatic rings. The third-order valence-corrected chi connectivity index (χ3v) is 4.39. The second-order valence-corrected chi connectivity index (χ2v) is 6.90. The zero-order chi connectivity index (χ0) is 15.6. The van der Waals surface area contributed by atoms with Gasteiger partial charge in [-0.25, -0.2) is 0 Å². The monoisotopic (exact) mass is 314 g/mol. The molecule has 2 rings (SSSR count). The normalized spacial score (nSPS) is 18.4. The summed E-state index contributed by atoms with van der Waals surface area (Å²) in [5.74, 6) is 0. The molecule has 0 saturated carbocycles. The number of halogens is 1. The number of piperazine rings is 1. The number of aromatic nitrogens is 2. The van der Waals surface area contributed by atoms with E-state index in [0.29, 0.717) is 0 Å². The summed E-state index contributed by atoms with van der Waals surface area (Å²) in [6, 6.07) is 0. The Labute approximate surface area is 132 Å². The molecule has 1 fully saturated rings. The molecule has 0 aromatic carbocycles. The quantitative estimate of drug-likeness (QED) is 0.899. The van der Waals surface area contributed by atoms with Crippen molar-refractivity contribution in [2.75, 3.05) is 32.7 Å². The molecular formula is C15H27ClN4O. The first kappa shape index (κ1) is 16.7. The first-order valence-electron chi connectivity index (χ1n) is 7.69. The minimum Gasteiger partial charge on any atom is -0.389 e. The van der Waals surface area contributed by atoms with E-state index in [1.54, 1.807) is 0 Å². The van der Waals surface area contributed by atoms with Crippen LogP contribution in [0.1, 0.15) is 32.2 Å². The Morgan fingerprint density at radius 2 is 1.76 bits per heavy atom. The molecule has 2 heterocycles. The van der Waals surface area contributed by atoms with Crippen molar-refractivity contribution in [3.05, 3.63) is 16.4 Å². The van der Waals surface area contributed by atoms with Crippen LogP contribution in [0.25, 0.3) is 0 Å². The molecule has 0 radical (unpaired) electrons. The van der Waals surface area contributed by atoms with Gasteiger partial charge in [-0.2, -0.15) is 5.10 Å². The van der Waals surface area contributed by atoms with Crippen LogP contribution >= 0.6 is 11.6 Å². The van der Waals surface area contributed by atoms with Crippen molar-refractivity contribution in [3.63, 3.8) is 0 Å². The van der Waals surface area contributed by atoms with Gasteiger partial charge < -0.3 is 5.11 Å². The average Bonchev–Trinajstić information content (AvgIpc) is 2.67. The first-order valence-corrected chi connectivity index (χ1v) is 8.07. The second kappa shape index (κ2) is 6.65. The van der Waals surface area contributed by atoms with Crippen LogP contribution in [0.2, 0.25) is 5.02 Å². The summed E-state index contributed by atoms with van der Waals surface area (Å²) in [7, 11) is 0. The van der Waals surface area contributed by atoms with Crippen molar-refractivity contribution in [2.24, 2.45) is 0 Å². The number of aliphatic hydroxyl groups is 1. The van der Waals surface area contributed by atoms with Gasteiger partial charge in [0.25, 0.3) is 0 Å². The predicted molar refractivity (Wildman–Crippen MR) is 85.7 cm³/mol. The Morgan fingerprint density at radius 1 is 1.19 bits per heavy atom. The molecule has 21 heavy (non-hydrogen) atoms. The van der Waals surface area contributed by atoms with Gasteiger partial charge in [-0.3, -0.25) is 14.5 Å². The molecule has 6 heteroatoms. The SMILES string of the molecule is CCn1nc(C)c(Cl)c1CN1CCN(CC(C)(C)O)CC1. The summed E-state index contributed by atoms with van der Waals surface area (Å²) in [6.45, 7) is 14.2. The minimum atomic E-state index is -0.622. The highest BCUT2D eigenvalue weighted by molar-refractivity contribution is 6.31. The van der Waals surface area contributed by atoms with E-state index in [1.165, 1.54) is 0 Å². The highest BCUT2D eigenvalue weighted by Crippen LogP contribution is 2.22. The van der Waals surface area contributed by atoms with Gasteiger partial charge in [0.05, 0.1) is 22.0 Å². The maximum Gasteiger partial charge on any atom is 0.0860 e. The molecule has 0 spiro atoms. The van der Waals surface area contributed by atoms with Gasteiger partial charge in [0, 0.05) is 45.8 Å². The van der Waals surface area contributed by atoms with Gasteiger partial charge in [0.1, 0.15) is 0 Å². The Hall–Kier alpha value is -0.620. The predicted octanol–water partition coefficient (Wildman–Crippen LogP) is 1.75. The Bertz CT molecular complexity index is 473. The lowest BCUT2D eigenvalue weighted by Crippen LogP contribution is -2.50. The van der Waals surface area contributed by atoms with Crippen molar-refractivity contribution in [2.45, 2.75) is 46.4 Å². The maximum atomic E-state index is 9.89. The third kappa shape index (κ3) is 4.42. The Morgan fingerprint density at radius 3 is 2.29 bits per heavy atom. The van der Waals surface area contributed by atoms with Gasteiger partial charge in [0.2, 0.25) is 0 Å². The van der Waals surface area contributed by atoms with Crippen LogP contribution in [-0.4, -0.2) is 63.0 Å². The van der Waals surface area contributed by atoms with E-state index < -0.39 is 5.60 Å². The number of aryl methyl sites for hydroxylation is 2. The number of nitrogens with zero attached hydrogens (tertiary/aromatic N) is 4. The fraction of sp³-hybridized carbons (Fsp3) is 0.800. The number of hydrogen-bond acceptors (Lipinski definition) is 4. The second-order valence-electron chi connectivity index (χ2n) is 6.53. The average molecular weight is 315 g/mol. The van der Waals surface area contributed by atoms with Crippen molar-refractivity contribution in [1.82, 2.24) is 19.6 Å². The summed E-state index contributed by atoms with van der Waals surface area (Å²) in [4.78, 5) is 4.73. The van der Waals surface area contributed by atoms with Crippen LogP contribution in [0.4, 0.5) is 0 Å². The number of hydrogen-bond donors (Lipinski definition) is 1. The lowest BCUT2D eigenvalue weighted by Gasteiger charge is -2.37. The highest BCUT2D eigenvalue weighted by Gasteiger charge is 2.24. The maximum absolute atomic E-state index is 9.89. The zero-order valence-corrected chi connectivity index (χ0v) is 14.3. The molecule has 1 N–H and O–H groups in total. The van der Waals surface area contributed by atoms with Crippen molar-refractivity contribution >= 4 is 11.6 Å². The molecule has 1 saturated heterocycles. The molecule has 1 aliphatic rings. The molecular weight excluding hydrogens is 288 g/mol. The van der Waals surface area contributed by atoms with Crippen LogP contribution in [0, 0.1) is 6.92 Å². The van der Waals surface area contributed by atoms with E-state index in [0.717, 1.165) is 62.2 Å². The summed E-state index contributed by atoms with van der Waals surface area (Å²) in [5.41, 5.74) is 1.41. The fourth-order valence-corrected chi connectivity index (χ4v) is 3.08. The molecule has 0 atom stereocenters. The largest absolute Gasteiger partial charge is 0.389 e. The Kier molecular flexibility index (Phi) is 5.30. The minimum absolute atomic E-state index is 0.622. The van der Waals surface area contributed by atoms with Crippen molar-refractivity contribution < 1.29 is 5.11 Å². The molecule has 1 aromatic heterocycles. The van der Waals surface area contributed by atoms with Gasteiger partial charge in [-0.15, -0.1) is 0 Å². The van der Waals surface area contributed by atoms with E-state index >= 15 is 0 Å². The fourth-order valence-electron chi connectivity index (χ4n) is 2.88. The van der Waals surface area contributed by atoms with Crippen LogP contribution in [0.3, 0.4) is 0 Å². The molecule has 120 valence electrons. The summed E-state index contributed by atoms with van der Waals surface area (Å²) in [6.07, 6.45) is 0. The molecule has 0 bridgehead atoms. The van der Waals surface area contributed by atoms with Gasteiger partial charge in [-0.05, 0) is 27.7 Å². The van der Waals surface area contributed by atoms with Crippen LogP contribution in [-0.2, 0) is 13.1 Å². The van der Waals surface area contributed by atoms with Crippen molar-refractivity contribution in [1.29, 1.82) is 0 Å². The summed E-state index contributed by atoms with van der Waals surface area (Å²) >= 11 is 6.37. The van der Waals surface area contributed by atoms with Gasteiger partial charge in [-0.1, -0.05) is 11.6 Å². The van der Waals surface area contributed by atoms with Crippen LogP contribution < -0.4 is 0 Å². The first-order chi connectivity index (χ1) is 9.80. The molecule has 1 aliphatic heterocycles.